The summed E-state index contributed by atoms with van der Waals surface area (Å²) in [5.74, 6) is 0.152. The van der Waals surface area contributed by atoms with Crippen molar-refractivity contribution in [3.05, 3.63) is 59.2 Å². The van der Waals surface area contributed by atoms with Crippen molar-refractivity contribution >= 4 is 17.5 Å². The van der Waals surface area contributed by atoms with Gasteiger partial charge in [-0.3, -0.25) is 9.59 Å². The van der Waals surface area contributed by atoms with Crippen molar-refractivity contribution in [2.24, 2.45) is 0 Å². The van der Waals surface area contributed by atoms with Crippen LogP contribution in [-0.2, 0) is 4.79 Å². The van der Waals surface area contributed by atoms with Gasteiger partial charge in [0.1, 0.15) is 5.75 Å². The highest BCUT2D eigenvalue weighted by molar-refractivity contribution is 6.04. The van der Waals surface area contributed by atoms with E-state index in [0.717, 1.165) is 11.1 Å². The number of hydrogen-bond donors (Lipinski definition) is 2. The van der Waals surface area contributed by atoms with Crippen LogP contribution in [0.1, 0.15) is 35.3 Å². The summed E-state index contributed by atoms with van der Waals surface area (Å²) in [6.45, 7) is 7.96. The molecule has 2 amide bonds. The Hall–Kier alpha value is -2.82. The average Bonchev–Trinajstić information content (AvgIpc) is 2.58. The summed E-state index contributed by atoms with van der Waals surface area (Å²) in [5.41, 5.74) is 2.93. The fraction of sp³-hybridized carbons (Fsp3) is 0.300. The van der Waals surface area contributed by atoms with Gasteiger partial charge in [0.05, 0.1) is 11.3 Å². The number of amides is 2. The van der Waals surface area contributed by atoms with Crippen molar-refractivity contribution in [3.63, 3.8) is 0 Å². The van der Waals surface area contributed by atoms with Crippen molar-refractivity contribution in [1.29, 1.82) is 0 Å². The first-order valence-electron chi connectivity index (χ1n) is 8.34. The lowest BCUT2D eigenvalue weighted by Crippen LogP contribution is -2.32. The molecule has 0 spiro atoms. The molecule has 0 unspecified atom stereocenters. The van der Waals surface area contributed by atoms with Gasteiger partial charge in [-0.05, 0) is 57.0 Å². The number of para-hydroxylation sites is 1. The van der Waals surface area contributed by atoms with E-state index in [1.54, 1.807) is 31.2 Å². The molecule has 0 saturated heterocycles. The molecule has 2 aromatic carbocycles. The van der Waals surface area contributed by atoms with Crippen molar-refractivity contribution in [2.45, 2.75) is 33.8 Å². The normalized spacial score (nSPS) is 11.5. The van der Waals surface area contributed by atoms with Crippen LogP contribution >= 0.6 is 0 Å². The van der Waals surface area contributed by atoms with Crippen LogP contribution in [0.3, 0.4) is 0 Å². The molecule has 0 aromatic heterocycles. The monoisotopic (exact) mass is 340 g/mol. The van der Waals surface area contributed by atoms with E-state index in [1.807, 2.05) is 39.0 Å². The van der Waals surface area contributed by atoms with Gasteiger partial charge in [-0.15, -0.1) is 0 Å². The van der Waals surface area contributed by atoms with Crippen LogP contribution < -0.4 is 15.4 Å². The summed E-state index contributed by atoms with van der Waals surface area (Å²) in [5, 5.41) is 5.52. The van der Waals surface area contributed by atoms with E-state index in [-0.39, 0.29) is 11.8 Å². The quantitative estimate of drug-likeness (QED) is 0.846. The second-order valence-electron chi connectivity index (χ2n) is 5.92. The molecular formula is C20H24N2O3. The molecule has 25 heavy (non-hydrogen) atoms. The highest BCUT2D eigenvalue weighted by Gasteiger charge is 2.18. The summed E-state index contributed by atoms with van der Waals surface area (Å²) in [7, 11) is 0. The van der Waals surface area contributed by atoms with Gasteiger partial charge in [0.15, 0.2) is 6.10 Å². The Balaban J connectivity index is 2.11. The number of carbonyl (C=O) groups excluding carboxylic acids is 2. The van der Waals surface area contributed by atoms with Crippen LogP contribution in [0.25, 0.3) is 0 Å². The Kier molecular flexibility index (Phi) is 6.17. The fourth-order valence-electron chi connectivity index (χ4n) is 2.36. The number of carbonyl (C=O) groups is 2. The van der Waals surface area contributed by atoms with Crippen molar-refractivity contribution < 1.29 is 14.3 Å². The molecule has 2 aromatic rings. The van der Waals surface area contributed by atoms with Crippen LogP contribution in [-0.4, -0.2) is 24.5 Å². The zero-order valence-corrected chi connectivity index (χ0v) is 15.1. The van der Waals surface area contributed by atoms with Crippen molar-refractivity contribution in [2.75, 3.05) is 11.9 Å². The molecule has 0 aliphatic carbocycles. The number of rotatable bonds is 6. The SMILES string of the molecule is CCNC(=O)c1ccccc1NC(=O)[C@@H](C)Oc1cc(C)ccc1C. The lowest BCUT2D eigenvalue weighted by Gasteiger charge is -2.18. The molecule has 132 valence electrons. The van der Waals surface area contributed by atoms with E-state index in [4.69, 9.17) is 4.74 Å². The van der Waals surface area contributed by atoms with Gasteiger partial charge < -0.3 is 15.4 Å². The van der Waals surface area contributed by atoms with Crippen molar-refractivity contribution in [3.8, 4) is 5.75 Å². The lowest BCUT2D eigenvalue weighted by molar-refractivity contribution is -0.122. The highest BCUT2D eigenvalue weighted by atomic mass is 16.5. The maximum atomic E-state index is 12.5. The van der Waals surface area contributed by atoms with E-state index in [9.17, 15) is 9.59 Å². The molecule has 0 saturated carbocycles. The largest absolute Gasteiger partial charge is 0.481 e. The van der Waals surface area contributed by atoms with Gasteiger partial charge in [-0.1, -0.05) is 24.3 Å². The Morgan fingerprint density at radius 3 is 2.56 bits per heavy atom. The van der Waals surface area contributed by atoms with E-state index in [2.05, 4.69) is 10.6 Å². The standard InChI is InChI=1S/C20H24N2O3/c1-5-21-20(24)16-8-6-7-9-17(16)22-19(23)15(4)25-18-12-13(2)10-11-14(18)3/h6-12,15H,5H2,1-4H3,(H,21,24)(H,22,23)/t15-/m1/s1. The first kappa shape index (κ1) is 18.5. The van der Waals surface area contributed by atoms with Crippen LogP contribution in [0.15, 0.2) is 42.5 Å². The minimum Gasteiger partial charge on any atom is -0.481 e. The summed E-state index contributed by atoms with van der Waals surface area (Å²) >= 11 is 0. The maximum absolute atomic E-state index is 12.5. The minimum atomic E-state index is -0.692. The van der Waals surface area contributed by atoms with E-state index in [0.29, 0.717) is 23.5 Å². The minimum absolute atomic E-state index is 0.221. The molecule has 5 heteroatoms. The van der Waals surface area contributed by atoms with Crippen LogP contribution in [0.4, 0.5) is 5.69 Å². The third-order valence-corrected chi connectivity index (χ3v) is 3.78. The van der Waals surface area contributed by atoms with Crippen LogP contribution in [0.2, 0.25) is 0 Å². The molecule has 2 rings (SSSR count). The molecule has 0 aliphatic heterocycles. The number of hydrogen-bond acceptors (Lipinski definition) is 3. The van der Waals surface area contributed by atoms with E-state index >= 15 is 0 Å². The van der Waals surface area contributed by atoms with Gasteiger partial charge in [-0.25, -0.2) is 0 Å². The summed E-state index contributed by atoms with van der Waals surface area (Å²) in [6.07, 6.45) is -0.692. The topological polar surface area (TPSA) is 67.4 Å². The number of aryl methyl sites for hydroxylation is 2. The smallest absolute Gasteiger partial charge is 0.265 e. The second kappa shape index (κ2) is 8.33. The Morgan fingerprint density at radius 2 is 1.84 bits per heavy atom. The third kappa shape index (κ3) is 4.83. The van der Waals surface area contributed by atoms with E-state index < -0.39 is 6.10 Å². The number of anilines is 1. The molecule has 0 radical (unpaired) electrons. The molecule has 0 heterocycles. The second-order valence-corrected chi connectivity index (χ2v) is 5.92. The van der Waals surface area contributed by atoms with Gasteiger partial charge >= 0.3 is 0 Å². The Morgan fingerprint density at radius 1 is 1.12 bits per heavy atom. The molecule has 0 bridgehead atoms. The Labute approximate surface area is 148 Å². The molecule has 0 aliphatic rings. The number of nitrogens with one attached hydrogen (secondary N) is 2. The van der Waals surface area contributed by atoms with Gasteiger partial charge in [0.2, 0.25) is 0 Å². The van der Waals surface area contributed by atoms with Crippen LogP contribution in [0, 0.1) is 13.8 Å². The first-order chi connectivity index (χ1) is 11.9. The number of ether oxygens (including phenoxy) is 1. The lowest BCUT2D eigenvalue weighted by atomic mass is 10.1. The first-order valence-corrected chi connectivity index (χ1v) is 8.34. The number of benzene rings is 2. The Bertz CT molecular complexity index is 771. The predicted octanol–water partition coefficient (Wildman–Crippen LogP) is 3.46. The summed E-state index contributed by atoms with van der Waals surface area (Å²) in [6, 6.07) is 12.8. The molecular weight excluding hydrogens is 316 g/mol. The summed E-state index contributed by atoms with van der Waals surface area (Å²) in [4.78, 5) is 24.6. The predicted molar refractivity (Wildman–Crippen MR) is 99.1 cm³/mol. The maximum Gasteiger partial charge on any atom is 0.265 e. The highest BCUT2D eigenvalue weighted by Crippen LogP contribution is 2.21. The molecule has 0 fully saturated rings. The third-order valence-electron chi connectivity index (χ3n) is 3.78. The fourth-order valence-corrected chi connectivity index (χ4v) is 2.36. The average molecular weight is 340 g/mol. The molecule has 2 N–H and O–H groups in total. The molecule has 1 atom stereocenters. The van der Waals surface area contributed by atoms with Crippen molar-refractivity contribution in [1.82, 2.24) is 5.32 Å². The zero-order valence-electron chi connectivity index (χ0n) is 15.1. The van der Waals surface area contributed by atoms with Gasteiger partial charge in [0, 0.05) is 6.54 Å². The summed E-state index contributed by atoms with van der Waals surface area (Å²) < 4.78 is 5.80. The van der Waals surface area contributed by atoms with Gasteiger partial charge in [0.25, 0.3) is 11.8 Å². The van der Waals surface area contributed by atoms with E-state index in [1.165, 1.54) is 0 Å². The molecule has 5 nitrogen and oxygen atoms in total. The zero-order chi connectivity index (χ0) is 18.4. The van der Waals surface area contributed by atoms with Crippen LogP contribution in [0.5, 0.6) is 5.75 Å². The van der Waals surface area contributed by atoms with Gasteiger partial charge in [-0.2, -0.15) is 0 Å².